The highest BCUT2D eigenvalue weighted by atomic mass is 16.7. The lowest BCUT2D eigenvalue weighted by molar-refractivity contribution is 0.0768. The standard InChI is InChI=1S/C15H14N6O3/c1-23-14-13(12(4-6-18-14)20-7-3-5-19-20)15(22)21(24-2)11-8-16-10-17-9-11/h3-10H,1-2H3. The van der Waals surface area contributed by atoms with E-state index in [-0.39, 0.29) is 11.4 Å². The summed E-state index contributed by atoms with van der Waals surface area (Å²) in [6.07, 6.45) is 9.15. The molecule has 0 aliphatic heterocycles. The van der Waals surface area contributed by atoms with Crippen molar-refractivity contribution in [3.8, 4) is 11.6 Å². The van der Waals surface area contributed by atoms with E-state index in [9.17, 15) is 4.79 Å². The Balaban J connectivity index is 2.12. The van der Waals surface area contributed by atoms with Crippen LogP contribution < -0.4 is 9.80 Å². The molecule has 3 aromatic heterocycles. The summed E-state index contributed by atoms with van der Waals surface area (Å²) >= 11 is 0. The van der Waals surface area contributed by atoms with Crippen LogP contribution in [-0.2, 0) is 4.84 Å². The van der Waals surface area contributed by atoms with Crippen LogP contribution in [0, 0.1) is 0 Å². The summed E-state index contributed by atoms with van der Waals surface area (Å²) in [6, 6.07) is 3.42. The minimum atomic E-state index is -0.484. The molecule has 0 N–H and O–H groups in total. The van der Waals surface area contributed by atoms with E-state index in [0.717, 1.165) is 5.06 Å². The van der Waals surface area contributed by atoms with E-state index in [1.807, 2.05) is 0 Å². The van der Waals surface area contributed by atoms with Crippen molar-refractivity contribution in [2.24, 2.45) is 0 Å². The predicted octanol–water partition coefficient (Wildman–Crippen LogP) is 1.27. The van der Waals surface area contributed by atoms with Crippen LogP contribution in [0.25, 0.3) is 5.69 Å². The lowest BCUT2D eigenvalue weighted by Crippen LogP contribution is -2.31. The number of carbonyl (C=O) groups is 1. The number of aromatic nitrogens is 5. The fraction of sp³-hybridized carbons (Fsp3) is 0.133. The maximum Gasteiger partial charge on any atom is 0.289 e. The van der Waals surface area contributed by atoms with Crippen molar-refractivity contribution in [3.63, 3.8) is 0 Å². The number of methoxy groups -OCH3 is 1. The largest absolute Gasteiger partial charge is 0.480 e. The van der Waals surface area contributed by atoms with E-state index >= 15 is 0 Å². The van der Waals surface area contributed by atoms with Gasteiger partial charge in [0.05, 0.1) is 32.3 Å². The zero-order chi connectivity index (χ0) is 16.9. The summed E-state index contributed by atoms with van der Waals surface area (Å²) in [5, 5.41) is 5.22. The fourth-order valence-corrected chi connectivity index (χ4v) is 2.19. The summed E-state index contributed by atoms with van der Waals surface area (Å²) < 4.78 is 6.80. The van der Waals surface area contributed by atoms with Gasteiger partial charge in [0.2, 0.25) is 5.88 Å². The highest BCUT2D eigenvalue weighted by Gasteiger charge is 2.27. The Morgan fingerprint density at radius 1 is 1.21 bits per heavy atom. The molecule has 1 amide bonds. The van der Waals surface area contributed by atoms with Crippen LogP contribution in [0.5, 0.6) is 5.88 Å². The van der Waals surface area contributed by atoms with Crippen LogP contribution >= 0.6 is 0 Å². The predicted molar refractivity (Wildman–Crippen MR) is 83.8 cm³/mol. The van der Waals surface area contributed by atoms with Crippen LogP contribution in [0.2, 0.25) is 0 Å². The van der Waals surface area contributed by atoms with Crippen molar-refractivity contribution in [1.82, 2.24) is 24.7 Å². The number of hydrogen-bond acceptors (Lipinski definition) is 7. The molecule has 24 heavy (non-hydrogen) atoms. The maximum absolute atomic E-state index is 13.1. The quantitative estimate of drug-likeness (QED) is 0.652. The van der Waals surface area contributed by atoms with E-state index in [2.05, 4.69) is 20.1 Å². The summed E-state index contributed by atoms with van der Waals surface area (Å²) in [6.45, 7) is 0. The van der Waals surface area contributed by atoms with Gasteiger partial charge in [-0.1, -0.05) is 0 Å². The Morgan fingerprint density at radius 3 is 2.62 bits per heavy atom. The number of nitrogens with zero attached hydrogens (tertiary/aromatic N) is 6. The van der Waals surface area contributed by atoms with Crippen molar-refractivity contribution >= 4 is 11.6 Å². The van der Waals surface area contributed by atoms with Gasteiger partial charge in [0, 0.05) is 18.6 Å². The second-order valence-electron chi connectivity index (χ2n) is 4.54. The minimum Gasteiger partial charge on any atom is -0.480 e. The summed E-state index contributed by atoms with van der Waals surface area (Å²) in [5.74, 6) is -0.324. The molecule has 9 nitrogen and oxygen atoms in total. The third-order valence-electron chi connectivity index (χ3n) is 3.20. The van der Waals surface area contributed by atoms with Gasteiger partial charge in [-0.3, -0.25) is 9.63 Å². The van der Waals surface area contributed by atoms with Crippen molar-refractivity contribution in [2.45, 2.75) is 0 Å². The number of rotatable bonds is 5. The number of ether oxygens (including phenoxy) is 1. The topological polar surface area (TPSA) is 95.3 Å². The monoisotopic (exact) mass is 326 g/mol. The van der Waals surface area contributed by atoms with Crippen molar-refractivity contribution in [2.75, 3.05) is 19.3 Å². The smallest absolute Gasteiger partial charge is 0.289 e. The highest BCUT2D eigenvalue weighted by molar-refractivity contribution is 6.08. The van der Waals surface area contributed by atoms with Crippen molar-refractivity contribution in [3.05, 3.63) is 55.0 Å². The zero-order valence-corrected chi connectivity index (χ0v) is 13.0. The first-order valence-electron chi connectivity index (χ1n) is 6.93. The molecule has 0 bridgehead atoms. The van der Waals surface area contributed by atoms with Gasteiger partial charge >= 0.3 is 0 Å². The van der Waals surface area contributed by atoms with Crippen LogP contribution in [0.15, 0.2) is 49.4 Å². The number of pyridine rings is 1. The summed E-state index contributed by atoms with van der Waals surface area (Å²) in [5.41, 5.74) is 1.09. The van der Waals surface area contributed by atoms with E-state index in [1.165, 1.54) is 39.1 Å². The first-order chi connectivity index (χ1) is 11.8. The number of anilines is 1. The van der Waals surface area contributed by atoms with Gasteiger partial charge < -0.3 is 4.74 Å². The van der Waals surface area contributed by atoms with Gasteiger partial charge in [-0.2, -0.15) is 10.2 Å². The van der Waals surface area contributed by atoms with E-state index in [4.69, 9.17) is 9.57 Å². The van der Waals surface area contributed by atoms with Crippen LogP contribution in [0.3, 0.4) is 0 Å². The van der Waals surface area contributed by atoms with Gasteiger partial charge in [-0.25, -0.2) is 19.6 Å². The summed E-state index contributed by atoms with van der Waals surface area (Å²) in [4.78, 5) is 30.2. The molecule has 0 aliphatic rings. The molecule has 0 aliphatic carbocycles. The first kappa shape index (κ1) is 15.6. The Kier molecular flexibility index (Phi) is 4.43. The molecule has 0 saturated heterocycles. The van der Waals surface area contributed by atoms with Crippen LogP contribution in [0.4, 0.5) is 5.69 Å². The van der Waals surface area contributed by atoms with Crippen molar-refractivity contribution in [1.29, 1.82) is 0 Å². The van der Waals surface area contributed by atoms with Gasteiger partial charge in [0.15, 0.2) is 0 Å². The molecule has 3 aromatic rings. The van der Waals surface area contributed by atoms with Crippen LogP contribution in [-0.4, -0.2) is 44.9 Å². The second kappa shape index (κ2) is 6.84. The Labute approximate surface area is 137 Å². The lowest BCUT2D eigenvalue weighted by atomic mass is 10.2. The molecule has 0 radical (unpaired) electrons. The molecular weight excluding hydrogens is 312 g/mol. The molecule has 3 rings (SSSR count). The highest BCUT2D eigenvalue weighted by Crippen LogP contribution is 2.26. The van der Waals surface area contributed by atoms with Gasteiger partial charge in [-0.05, 0) is 12.1 Å². The van der Waals surface area contributed by atoms with Gasteiger partial charge in [0.25, 0.3) is 5.91 Å². The maximum atomic E-state index is 13.1. The molecule has 122 valence electrons. The average molecular weight is 326 g/mol. The molecule has 3 heterocycles. The number of hydrogen-bond donors (Lipinski definition) is 0. The molecule has 9 heteroatoms. The van der Waals surface area contributed by atoms with Crippen molar-refractivity contribution < 1.29 is 14.4 Å². The van der Waals surface area contributed by atoms with Gasteiger partial charge in [0.1, 0.15) is 17.6 Å². The Bertz CT molecular complexity index is 822. The van der Waals surface area contributed by atoms with E-state index in [0.29, 0.717) is 11.4 Å². The lowest BCUT2D eigenvalue weighted by Gasteiger charge is -2.21. The fourth-order valence-electron chi connectivity index (χ4n) is 2.19. The number of carbonyl (C=O) groups excluding carboxylic acids is 1. The minimum absolute atomic E-state index is 0.159. The van der Waals surface area contributed by atoms with Gasteiger partial charge in [-0.15, -0.1) is 0 Å². The third-order valence-corrected chi connectivity index (χ3v) is 3.20. The Hall–Kier alpha value is -3.33. The molecule has 0 saturated carbocycles. The normalized spacial score (nSPS) is 10.4. The molecule has 0 spiro atoms. The SMILES string of the molecule is COc1nccc(-n2cccn2)c1C(=O)N(OC)c1cncnc1. The second-order valence-corrected chi connectivity index (χ2v) is 4.54. The van der Waals surface area contributed by atoms with E-state index in [1.54, 1.807) is 29.2 Å². The third kappa shape index (κ3) is 2.79. The molecule has 0 aromatic carbocycles. The Morgan fingerprint density at radius 2 is 2.00 bits per heavy atom. The summed E-state index contributed by atoms with van der Waals surface area (Å²) in [7, 11) is 2.82. The number of amides is 1. The molecular formula is C15H14N6O3. The molecule has 0 unspecified atom stereocenters. The first-order valence-corrected chi connectivity index (χ1v) is 6.93. The molecule has 0 fully saturated rings. The zero-order valence-electron chi connectivity index (χ0n) is 13.0. The number of hydroxylamine groups is 1. The average Bonchev–Trinajstić information content (AvgIpc) is 3.17. The molecule has 0 atom stereocenters. The van der Waals surface area contributed by atoms with Crippen LogP contribution in [0.1, 0.15) is 10.4 Å². The van der Waals surface area contributed by atoms with E-state index < -0.39 is 5.91 Å².